The molecule has 0 spiro atoms. The van der Waals surface area contributed by atoms with Crippen LogP contribution in [0.4, 0.5) is 11.4 Å². The zero-order valence-electron chi connectivity index (χ0n) is 11.9. The van der Waals surface area contributed by atoms with E-state index in [1.165, 1.54) is 22.6 Å². The molecule has 0 aliphatic carbocycles. The molecule has 1 aliphatic rings. The lowest BCUT2D eigenvalue weighted by molar-refractivity contribution is -0.130. The molecule has 1 heterocycles. The highest BCUT2D eigenvalue weighted by Crippen LogP contribution is 2.47. The Labute approximate surface area is 128 Å². The number of fused-ring (bicyclic) bond motifs is 2. The molecule has 0 saturated heterocycles. The molecule has 21 heavy (non-hydrogen) atoms. The van der Waals surface area contributed by atoms with E-state index in [1.54, 1.807) is 11.8 Å². The van der Waals surface area contributed by atoms with Crippen molar-refractivity contribution in [2.24, 2.45) is 0 Å². The van der Waals surface area contributed by atoms with Gasteiger partial charge >= 0.3 is 0 Å². The fourth-order valence-corrected chi connectivity index (χ4v) is 3.56. The molecule has 0 atom stereocenters. The second-order valence-electron chi connectivity index (χ2n) is 4.84. The first kappa shape index (κ1) is 14.0. The van der Waals surface area contributed by atoms with Gasteiger partial charge in [-0.05, 0) is 29.8 Å². The van der Waals surface area contributed by atoms with Gasteiger partial charge in [0.2, 0.25) is 5.91 Å². The van der Waals surface area contributed by atoms with E-state index in [0.29, 0.717) is 6.42 Å². The average molecular weight is 300 g/mol. The van der Waals surface area contributed by atoms with Crippen molar-refractivity contribution in [1.29, 1.82) is 0 Å². The van der Waals surface area contributed by atoms with Crippen molar-refractivity contribution < 1.29 is 9.63 Å². The van der Waals surface area contributed by atoms with Gasteiger partial charge in [-0.15, -0.1) is 0 Å². The lowest BCUT2D eigenvalue weighted by atomic mass is 10.1. The van der Waals surface area contributed by atoms with E-state index in [4.69, 9.17) is 0 Å². The summed E-state index contributed by atoms with van der Waals surface area (Å²) in [5.74, 6) is -0.149. The fraction of sp³-hybridized carbons (Fsp3) is 0.188. The van der Waals surface area contributed by atoms with Gasteiger partial charge in [0, 0.05) is 16.8 Å². The molecule has 0 fully saturated rings. The van der Waals surface area contributed by atoms with Crippen molar-refractivity contribution >= 4 is 29.0 Å². The molecule has 3 rings (SSSR count). The summed E-state index contributed by atoms with van der Waals surface area (Å²) in [6.07, 6.45) is 0.307. The number of benzene rings is 2. The van der Waals surface area contributed by atoms with Gasteiger partial charge in [0.05, 0.1) is 24.9 Å². The predicted molar refractivity (Wildman–Crippen MR) is 83.9 cm³/mol. The topological polar surface area (TPSA) is 41.6 Å². The number of carbonyl (C=O) groups is 1. The summed E-state index contributed by atoms with van der Waals surface area (Å²) >= 11 is 1.76. The van der Waals surface area contributed by atoms with Gasteiger partial charge in [-0.3, -0.25) is 9.63 Å². The predicted octanol–water partition coefficient (Wildman–Crippen LogP) is 3.14. The molecule has 2 aromatic carbocycles. The number of rotatable bonds is 3. The van der Waals surface area contributed by atoms with Crippen molar-refractivity contribution in [2.75, 3.05) is 19.1 Å². The van der Waals surface area contributed by atoms with Crippen LogP contribution in [0.2, 0.25) is 0 Å². The molecule has 1 amide bonds. The normalized spacial score (nSPS) is 12.6. The third-order valence-corrected chi connectivity index (χ3v) is 4.54. The number of anilines is 2. The fourth-order valence-electron chi connectivity index (χ4n) is 2.43. The lowest BCUT2D eigenvalue weighted by Crippen LogP contribution is -2.23. The van der Waals surface area contributed by atoms with Crippen molar-refractivity contribution in [3.05, 3.63) is 48.0 Å². The first-order valence-electron chi connectivity index (χ1n) is 6.64. The number of para-hydroxylation sites is 1. The van der Waals surface area contributed by atoms with Gasteiger partial charge in [-0.25, -0.2) is 5.48 Å². The number of nitrogens with zero attached hydrogens (tertiary/aromatic N) is 1. The zero-order valence-corrected chi connectivity index (χ0v) is 12.7. The first-order valence-corrected chi connectivity index (χ1v) is 7.46. The number of hydrogen-bond acceptors (Lipinski definition) is 4. The molecular weight excluding hydrogens is 284 g/mol. The third-order valence-electron chi connectivity index (χ3n) is 3.41. The molecule has 0 bridgehead atoms. The van der Waals surface area contributed by atoms with Crippen LogP contribution in [0, 0.1) is 0 Å². The van der Waals surface area contributed by atoms with E-state index in [1.807, 2.05) is 18.2 Å². The maximum absolute atomic E-state index is 11.6. The molecule has 0 aromatic heterocycles. The quantitative estimate of drug-likeness (QED) is 0.884. The molecular formula is C16H16N2O2S. The highest BCUT2D eigenvalue weighted by molar-refractivity contribution is 7.99. The molecule has 4 nitrogen and oxygen atoms in total. The molecule has 1 aliphatic heterocycles. The van der Waals surface area contributed by atoms with Crippen molar-refractivity contribution in [3.8, 4) is 0 Å². The van der Waals surface area contributed by atoms with Crippen LogP contribution in [0.5, 0.6) is 0 Å². The summed E-state index contributed by atoms with van der Waals surface area (Å²) in [5.41, 5.74) is 5.63. The van der Waals surface area contributed by atoms with Crippen molar-refractivity contribution in [1.82, 2.24) is 5.48 Å². The highest BCUT2D eigenvalue weighted by Gasteiger charge is 2.20. The maximum atomic E-state index is 11.6. The second-order valence-corrected chi connectivity index (χ2v) is 5.92. The molecule has 0 saturated carbocycles. The summed E-state index contributed by atoms with van der Waals surface area (Å²) < 4.78 is 0. The van der Waals surface area contributed by atoms with Crippen LogP contribution in [0.1, 0.15) is 5.56 Å². The van der Waals surface area contributed by atoms with Crippen LogP contribution in [0.25, 0.3) is 0 Å². The number of carbonyl (C=O) groups excluding carboxylic acids is 1. The maximum Gasteiger partial charge on any atom is 0.247 e. The number of hydroxylamine groups is 1. The Hall–Kier alpha value is -1.98. The Kier molecular flexibility index (Phi) is 3.86. The summed E-state index contributed by atoms with van der Waals surface area (Å²) in [4.78, 5) is 20.9. The Bertz CT molecular complexity index is 688. The van der Waals surface area contributed by atoms with Crippen molar-refractivity contribution in [2.45, 2.75) is 16.2 Å². The van der Waals surface area contributed by atoms with Crippen LogP contribution in [-0.4, -0.2) is 20.1 Å². The van der Waals surface area contributed by atoms with Gasteiger partial charge in [0.1, 0.15) is 0 Å². The standard InChI is InChI=1S/C16H16N2O2S/c1-18-12-5-3-4-6-14(12)21-15-8-7-11(9-13(15)18)10-16(19)17-20-2/h3-9H,10H2,1-2H3,(H,17,19). The van der Waals surface area contributed by atoms with Crippen LogP contribution in [0.3, 0.4) is 0 Å². The Morgan fingerprint density at radius 1 is 1.19 bits per heavy atom. The van der Waals surface area contributed by atoms with E-state index >= 15 is 0 Å². The Balaban J connectivity index is 1.90. The minimum Gasteiger partial charge on any atom is -0.343 e. The largest absolute Gasteiger partial charge is 0.343 e. The van der Waals surface area contributed by atoms with Gasteiger partial charge < -0.3 is 4.90 Å². The molecule has 2 aromatic rings. The van der Waals surface area contributed by atoms with Gasteiger partial charge in [0.15, 0.2) is 0 Å². The van der Waals surface area contributed by atoms with Crippen LogP contribution in [-0.2, 0) is 16.1 Å². The number of amides is 1. The van der Waals surface area contributed by atoms with E-state index in [2.05, 4.69) is 46.5 Å². The van der Waals surface area contributed by atoms with E-state index in [0.717, 1.165) is 11.3 Å². The lowest BCUT2D eigenvalue weighted by Gasteiger charge is -2.29. The van der Waals surface area contributed by atoms with Crippen molar-refractivity contribution in [3.63, 3.8) is 0 Å². The minimum absolute atomic E-state index is 0.149. The SMILES string of the molecule is CONC(=O)Cc1ccc2c(c1)N(C)c1ccccc1S2. The van der Waals surface area contributed by atoms with E-state index in [-0.39, 0.29) is 5.91 Å². The molecule has 108 valence electrons. The monoisotopic (exact) mass is 300 g/mol. The van der Waals surface area contributed by atoms with Crippen LogP contribution >= 0.6 is 11.8 Å². The summed E-state index contributed by atoms with van der Waals surface area (Å²) in [7, 11) is 3.49. The summed E-state index contributed by atoms with van der Waals surface area (Å²) in [6, 6.07) is 14.4. The first-order chi connectivity index (χ1) is 10.2. The van der Waals surface area contributed by atoms with Gasteiger partial charge in [-0.2, -0.15) is 0 Å². The number of nitrogens with one attached hydrogen (secondary N) is 1. The summed E-state index contributed by atoms with van der Waals surface area (Å²) in [6.45, 7) is 0. The summed E-state index contributed by atoms with van der Waals surface area (Å²) in [5, 5.41) is 0. The molecule has 5 heteroatoms. The minimum atomic E-state index is -0.149. The average Bonchev–Trinajstić information content (AvgIpc) is 2.48. The third kappa shape index (κ3) is 2.75. The Morgan fingerprint density at radius 2 is 1.95 bits per heavy atom. The Morgan fingerprint density at radius 3 is 2.76 bits per heavy atom. The van der Waals surface area contributed by atoms with Crippen LogP contribution in [0.15, 0.2) is 52.3 Å². The van der Waals surface area contributed by atoms with E-state index < -0.39 is 0 Å². The highest BCUT2D eigenvalue weighted by atomic mass is 32.2. The van der Waals surface area contributed by atoms with E-state index in [9.17, 15) is 4.79 Å². The molecule has 0 unspecified atom stereocenters. The van der Waals surface area contributed by atoms with Crippen LogP contribution < -0.4 is 10.4 Å². The molecule has 1 N–H and O–H groups in total. The smallest absolute Gasteiger partial charge is 0.247 e. The van der Waals surface area contributed by atoms with Gasteiger partial charge in [0.25, 0.3) is 0 Å². The van der Waals surface area contributed by atoms with Gasteiger partial charge in [-0.1, -0.05) is 30.0 Å². The molecule has 0 radical (unpaired) electrons. The zero-order chi connectivity index (χ0) is 14.8. The number of hydrogen-bond donors (Lipinski definition) is 1. The second kappa shape index (κ2) is 5.79.